The van der Waals surface area contributed by atoms with Crippen LogP contribution in [0.4, 0.5) is 10.7 Å². The van der Waals surface area contributed by atoms with Crippen molar-refractivity contribution >= 4 is 45.5 Å². The summed E-state index contributed by atoms with van der Waals surface area (Å²) < 4.78 is 5.30. The highest BCUT2D eigenvalue weighted by Crippen LogP contribution is 2.36. The molecule has 2 aromatic carbocycles. The highest BCUT2D eigenvalue weighted by atomic mass is 35.5. The first-order valence-electron chi connectivity index (χ1n) is 9.01. The van der Waals surface area contributed by atoms with Gasteiger partial charge in [0.1, 0.15) is 15.6 Å². The van der Waals surface area contributed by atoms with Crippen molar-refractivity contribution in [1.29, 1.82) is 0 Å². The predicted molar refractivity (Wildman–Crippen MR) is 116 cm³/mol. The Bertz CT molecular complexity index is 1100. The minimum absolute atomic E-state index is 0.0497. The lowest BCUT2D eigenvalue weighted by Gasteiger charge is -2.09. The Kier molecular flexibility index (Phi) is 6.81. The molecular formula is C21H17ClN2O5S. The molecule has 0 bridgehead atoms. The number of hydrogen-bond donors (Lipinski definition) is 1. The minimum atomic E-state index is -0.661. The van der Waals surface area contributed by atoms with E-state index in [9.17, 15) is 19.7 Å². The molecule has 0 spiro atoms. The van der Waals surface area contributed by atoms with Crippen LogP contribution >= 0.6 is 22.9 Å². The van der Waals surface area contributed by atoms with Crippen molar-refractivity contribution in [3.8, 4) is 11.1 Å². The van der Waals surface area contributed by atoms with Gasteiger partial charge in [-0.3, -0.25) is 14.9 Å². The molecule has 0 radical (unpaired) electrons. The van der Waals surface area contributed by atoms with Crippen molar-refractivity contribution in [3.63, 3.8) is 0 Å². The summed E-state index contributed by atoms with van der Waals surface area (Å²) in [7, 11) is 0. The maximum atomic E-state index is 12.7. The van der Waals surface area contributed by atoms with Gasteiger partial charge in [0.25, 0.3) is 11.6 Å². The second kappa shape index (κ2) is 9.51. The standard InChI is InChI=1S/C21H17ClN2O5S/c1-2-10-29-21(26)18-15(13-6-4-3-5-7-13)12-30-20(18)23-19(25)14-8-9-16(22)17(11-14)24(27)28/h3-9,11-12H,2,10H2,1H3,(H,23,25). The third kappa shape index (κ3) is 4.67. The number of anilines is 1. The fraction of sp³-hybridized carbons (Fsp3) is 0.143. The van der Waals surface area contributed by atoms with Crippen molar-refractivity contribution in [1.82, 2.24) is 0 Å². The summed E-state index contributed by atoms with van der Waals surface area (Å²) in [6, 6.07) is 13.0. The van der Waals surface area contributed by atoms with Gasteiger partial charge in [0, 0.05) is 22.6 Å². The maximum Gasteiger partial charge on any atom is 0.341 e. The zero-order chi connectivity index (χ0) is 21.7. The molecule has 3 aromatic rings. The molecule has 1 heterocycles. The van der Waals surface area contributed by atoms with Crippen LogP contribution < -0.4 is 5.32 Å². The van der Waals surface area contributed by atoms with E-state index < -0.39 is 16.8 Å². The average Bonchev–Trinajstić information content (AvgIpc) is 3.16. The molecule has 0 aliphatic carbocycles. The molecule has 7 nitrogen and oxygen atoms in total. The summed E-state index contributed by atoms with van der Waals surface area (Å²) in [5.74, 6) is -1.14. The molecule has 1 aromatic heterocycles. The minimum Gasteiger partial charge on any atom is -0.462 e. The van der Waals surface area contributed by atoms with Gasteiger partial charge in [-0.25, -0.2) is 4.79 Å². The largest absolute Gasteiger partial charge is 0.462 e. The maximum absolute atomic E-state index is 12.7. The molecule has 154 valence electrons. The van der Waals surface area contributed by atoms with E-state index in [1.165, 1.54) is 23.5 Å². The van der Waals surface area contributed by atoms with Crippen LogP contribution in [0.1, 0.15) is 34.1 Å². The van der Waals surface area contributed by atoms with Crippen molar-refractivity contribution in [2.45, 2.75) is 13.3 Å². The lowest BCUT2D eigenvalue weighted by atomic mass is 10.0. The van der Waals surface area contributed by atoms with Crippen LogP contribution in [-0.2, 0) is 4.74 Å². The van der Waals surface area contributed by atoms with E-state index in [-0.39, 0.29) is 28.4 Å². The first-order valence-corrected chi connectivity index (χ1v) is 10.3. The van der Waals surface area contributed by atoms with Gasteiger partial charge in [-0.1, -0.05) is 48.9 Å². The van der Waals surface area contributed by atoms with E-state index in [2.05, 4.69) is 5.32 Å². The highest BCUT2D eigenvalue weighted by Gasteiger charge is 2.24. The SMILES string of the molecule is CCCOC(=O)c1c(-c2ccccc2)csc1NC(=O)c1ccc(Cl)c([N+](=O)[O-])c1. The number of carbonyl (C=O) groups is 2. The van der Waals surface area contributed by atoms with Crippen molar-refractivity contribution < 1.29 is 19.2 Å². The molecule has 0 unspecified atom stereocenters. The van der Waals surface area contributed by atoms with Gasteiger partial charge in [0.05, 0.1) is 11.5 Å². The van der Waals surface area contributed by atoms with Crippen LogP contribution in [0.15, 0.2) is 53.9 Å². The number of halogens is 1. The molecule has 0 aliphatic rings. The van der Waals surface area contributed by atoms with Crippen LogP contribution in [0, 0.1) is 10.1 Å². The number of nitrogens with zero attached hydrogens (tertiary/aromatic N) is 1. The number of carbonyl (C=O) groups excluding carboxylic acids is 2. The van der Waals surface area contributed by atoms with Crippen molar-refractivity contribution in [2.24, 2.45) is 0 Å². The number of hydrogen-bond acceptors (Lipinski definition) is 6. The first kappa shape index (κ1) is 21.5. The molecule has 0 saturated heterocycles. The predicted octanol–water partition coefficient (Wildman–Crippen LogP) is 5.80. The number of nitrogens with one attached hydrogen (secondary N) is 1. The number of amides is 1. The number of benzene rings is 2. The van der Waals surface area contributed by atoms with Gasteiger partial charge in [-0.05, 0) is 24.1 Å². The molecule has 1 amide bonds. The Morgan fingerprint density at radius 2 is 1.93 bits per heavy atom. The van der Waals surface area contributed by atoms with Gasteiger partial charge >= 0.3 is 5.97 Å². The molecule has 9 heteroatoms. The fourth-order valence-electron chi connectivity index (χ4n) is 2.72. The van der Waals surface area contributed by atoms with E-state index in [4.69, 9.17) is 16.3 Å². The lowest BCUT2D eigenvalue weighted by Crippen LogP contribution is -2.15. The van der Waals surface area contributed by atoms with Crippen molar-refractivity contribution in [3.05, 3.63) is 80.2 Å². The fourth-order valence-corrected chi connectivity index (χ4v) is 3.86. The molecule has 1 N–H and O–H groups in total. The van der Waals surface area contributed by atoms with E-state index in [0.717, 1.165) is 11.6 Å². The molecule has 0 atom stereocenters. The van der Waals surface area contributed by atoms with Crippen LogP contribution in [0.3, 0.4) is 0 Å². The number of nitro groups is 1. The van der Waals surface area contributed by atoms with Crippen LogP contribution in [0.25, 0.3) is 11.1 Å². The van der Waals surface area contributed by atoms with E-state index in [1.807, 2.05) is 37.3 Å². The Balaban J connectivity index is 1.97. The van der Waals surface area contributed by atoms with Gasteiger partial charge in [-0.2, -0.15) is 0 Å². The normalized spacial score (nSPS) is 10.5. The summed E-state index contributed by atoms with van der Waals surface area (Å²) in [6.45, 7) is 2.13. The van der Waals surface area contributed by atoms with E-state index in [1.54, 1.807) is 5.38 Å². The topological polar surface area (TPSA) is 98.5 Å². The highest BCUT2D eigenvalue weighted by molar-refractivity contribution is 7.15. The van der Waals surface area contributed by atoms with E-state index in [0.29, 0.717) is 17.0 Å². The summed E-state index contributed by atoms with van der Waals surface area (Å²) in [6.07, 6.45) is 0.659. The average molecular weight is 445 g/mol. The van der Waals surface area contributed by atoms with Gasteiger partial charge in [0.2, 0.25) is 0 Å². The number of thiophene rings is 1. The first-order chi connectivity index (χ1) is 14.4. The molecule has 30 heavy (non-hydrogen) atoms. The third-order valence-corrected chi connectivity index (χ3v) is 5.36. The summed E-state index contributed by atoms with van der Waals surface area (Å²) in [5, 5.41) is 15.8. The number of rotatable bonds is 7. The second-order valence-electron chi connectivity index (χ2n) is 6.23. The third-order valence-electron chi connectivity index (χ3n) is 4.15. The molecule has 3 rings (SSSR count). The van der Waals surface area contributed by atoms with Crippen LogP contribution in [0.2, 0.25) is 5.02 Å². The Hall–Kier alpha value is -3.23. The smallest absolute Gasteiger partial charge is 0.341 e. The van der Waals surface area contributed by atoms with Gasteiger partial charge < -0.3 is 10.1 Å². The number of ether oxygens (including phenoxy) is 1. The molecule has 0 aliphatic heterocycles. The summed E-state index contributed by atoms with van der Waals surface area (Å²) in [5.41, 5.74) is 1.37. The zero-order valence-corrected chi connectivity index (χ0v) is 17.5. The Morgan fingerprint density at radius 3 is 2.60 bits per heavy atom. The number of esters is 1. The van der Waals surface area contributed by atoms with Crippen molar-refractivity contribution in [2.75, 3.05) is 11.9 Å². The molecule has 0 fully saturated rings. The van der Waals surface area contributed by atoms with Gasteiger partial charge in [0.15, 0.2) is 0 Å². The molecule has 0 saturated carbocycles. The monoisotopic (exact) mass is 444 g/mol. The van der Waals surface area contributed by atoms with Crippen LogP contribution in [0.5, 0.6) is 0 Å². The second-order valence-corrected chi connectivity index (χ2v) is 7.52. The zero-order valence-electron chi connectivity index (χ0n) is 15.9. The Labute approximate surface area is 181 Å². The lowest BCUT2D eigenvalue weighted by molar-refractivity contribution is -0.384. The quantitative estimate of drug-likeness (QED) is 0.282. The Morgan fingerprint density at radius 1 is 1.20 bits per heavy atom. The summed E-state index contributed by atoms with van der Waals surface area (Å²) >= 11 is 6.99. The van der Waals surface area contributed by atoms with Gasteiger partial charge in [-0.15, -0.1) is 11.3 Å². The molecular weight excluding hydrogens is 428 g/mol. The number of nitro benzene ring substituents is 1. The van der Waals surface area contributed by atoms with Crippen LogP contribution in [-0.4, -0.2) is 23.4 Å². The summed E-state index contributed by atoms with van der Waals surface area (Å²) in [4.78, 5) is 35.9. The van der Waals surface area contributed by atoms with E-state index >= 15 is 0 Å².